The van der Waals surface area contributed by atoms with E-state index < -0.39 is 6.04 Å². The molecule has 0 heterocycles. The first-order valence-electron chi connectivity index (χ1n) is 6.83. The van der Waals surface area contributed by atoms with Crippen LogP contribution in [0.1, 0.15) is 24.2 Å². The molecule has 1 aromatic rings. The molecule has 5 heteroatoms. The largest absolute Gasteiger partial charge is 0.497 e. The Hall–Kier alpha value is -2.30. The topological polar surface area (TPSA) is 67.4 Å². The fourth-order valence-corrected chi connectivity index (χ4v) is 1.78. The summed E-state index contributed by atoms with van der Waals surface area (Å²) in [5.41, 5.74) is 0.484. The Morgan fingerprint density at radius 3 is 2.38 bits per heavy atom. The Balaban J connectivity index is 2.75. The molecule has 5 nitrogen and oxygen atoms in total. The minimum absolute atomic E-state index is 0.0167. The van der Waals surface area contributed by atoms with Crippen molar-refractivity contribution in [3.05, 3.63) is 42.5 Å². The number of rotatable bonds is 7. The van der Waals surface area contributed by atoms with Gasteiger partial charge in [-0.05, 0) is 30.2 Å². The van der Waals surface area contributed by atoms with Crippen LogP contribution >= 0.6 is 0 Å². The summed E-state index contributed by atoms with van der Waals surface area (Å²) in [7, 11) is 1.56. The van der Waals surface area contributed by atoms with Gasteiger partial charge in [-0.2, -0.15) is 0 Å². The number of carbonyl (C=O) groups excluding carboxylic acids is 2. The van der Waals surface area contributed by atoms with Crippen molar-refractivity contribution in [3.8, 4) is 5.75 Å². The summed E-state index contributed by atoms with van der Waals surface area (Å²) in [6.45, 7) is 7.69. The van der Waals surface area contributed by atoms with Crippen LogP contribution in [-0.4, -0.2) is 31.5 Å². The molecule has 0 unspecified atom stereocenters. The van der Waals surface area contributed by atoms with Crippen molar-refractivity contribution in [2.75, 3.05) is 13.7 Å². The van der Waals surface area contributed by atoms with Crippen molar-refractivity contribution >= 4 is 11.8 Å². The molecule has 0 aliphatic heterocycles. The lowest BCUT2D eigenvalue weighted by atomic mass is 10.0. The van der Waals surface area contributed by atoms with Gasteiger partial charge in [-0.15, -0.1) is 6.58 Å². The third-order valence-corrected chi connectivity index (χ3v) is 3.01. The van der Waals surface area contributed by atoms with Crippen molar-refractivity contribution in [2.45, 2.75) is 19.9 Å². The maximum absolute atomic E-state index is 12.2. The summed E-state index contributed by atoms with van der Waals surface area (Å²) in [6.07, 6.45) is 1.60. The molecular formula is C16H22N2O3. The Morgan fingerprint density at radius 2 is 1.90 bits per heavy atom. The molecule has 1 aromatic carbocycles. The molecule has 0 radical (unpaired) electrons. The van der Waals surface area contributed by atoms with Gasteiger partial charge in [0.25, 0.3) is 5.91 Å². The normalized spacial score (nSPS) is 11.6. The quantitative estimate of drug-likeness (QED) is 0.752. The van der Waals surface area contributed by atoms with Crippen LogP contribution in [0.25, 0.3) is 0 Å². The second-order valence-electron chi connectivity index (χ2n) is 4.96. The number of benzene rings is 1. The second-order valence-corrected chi connectivity index (χ2v) is 4.96. The first-order valence-corrected chi connectivity index (χ1v) is 6.83. The highest BCUT2D eigenvalue weighted by Gasteiger charge is 2.24. The van der Waals surface area contributed by atoms with E-state index in [9.17, 15) is 9.59 Å². The molecule has 1 rings (SSSR count). The van der Waals surface area contributed by atoms with Gasteiger partial charge in [0.05, 0.1) is 7.11 Å². The Morgan fingerprint density at radius 1 is 1.29 bits per heavy atom. The van der Waals surface area contributed by atoms with E-state index in [4.69, 9.17) is 4.74 Å². The van der Waals surface area contributed by atoms with Crippen LogP contribution in [0.15, 0.2) is 36.9 Å². The third kappa shape index (κ3) is 4.95. The summed E-state index contributed by atoms with van der Waals surface area (Å²) in [5.74, 6) is 0.157. The molecule has 0 spiro atoms. The predicted octanol–water partition coefficient (Wildman–Crippen LogP) is 1.75. The van der Waals surface area contributed by atoms with Crippen LogP contribution < -0.4 is 15.4 Å². The first-order chi connectivity index (χ1) is 9.99. The van der Waals surface area contributed by atoms with Gasteiger partial charge in [-0.1, -0.05) is 19.9 Å². The Labute approximate surface area is 125 Å². The summed E-state index contributed by atoms with van der Waals surface area (Å²) >= 11 is 0. The van der Waals surface area contributed by atoms with E-state index in [-0.39, 0.29) is 17.7 Å². The van der Waals surface area contributed by atoms with Crippen molar-refractivity contribution in [1.29, 1.82) is 0 Å². The van der Waals surface area contributed by atoms with E-state index in [0.717, 1.165) is 0 Å². The van der Waals surface area contributed by atoms with Crippen molar-refractivity contribution in [1.82, 2.24) is 10.6 Å². The highest BCUT2D eigenvalue weighted by atomic mass is 16.5. The molecule has 0 saturated heterocycles. The molecule has 21 heavy (non-hydrogen) atoms. The molecule has 0 fully saturated rings. The number of hydrogen-bond acceptors (Lipinski definition) is 3. The zero-order valence-corrected chi connectivity index (χ0v) is 12.7. The van der Waals surface area contributed by atoms with Crippen LogP contribution in [0.2, 0.25) is 0 Å². The summed E-state index contributed by atoms with van der Waals surface area (Å²) in [4.78, 5) is 24.2. The smallest absolute Gasteiger partial charge is 0.251 e. The van der Waals surface area contributed by atoms with Crippen LogP contribution in [0, 0.1) is 5.92 Å². The average Bonchev–Trinajstić information content (AvgIpc) is 2.49. The fraction of sp³-hybridized carbons (Fsp3) is 0.375. The maximum Gasteiger partial charge on any atom is 0.251 e. The van der Waals surface area contributed by atoms with Gasteiger partial charge in [-0.25, -0.2) is 0 Å². The highest BCUT2D eigenvalue weighted by Crippen LogP contribution is 2.12. The van der Waals surface area contributed by atoms with Crippen LogP contribution in [0.5, 0.6) is 5.75 Å². The van der Waals surface area contributed by atoms with Gasteiger partial charge in [0.1, 0.15) is 11.8 Å². The van der Waals surface area contributed by atoms with E-state index in [2.05, 4.69) is 17.2 Å². The minimum atomic E-state index is -0.584. The third-order valence-electron chi connectivity index (χ3n) is 3.01. The summed E-state index contributed by atoms with van der Waals surface area (Å²) < 4.78 is 5.05. The van der Waals surface area contributed by atoms with E-state index in [1.54, 1.807) is 37.5 Å². The Bertz CT molecular complexity index is 495. The van der Waals surface area contributed by atoms with Crippen LogP contribution in [0.3, 0.4) is 0 Å². The first kappa shape index (κ1) is 16.8. The maximum atomic E-state index is 12.2. The van der Waals surface area contributed by atoms with Crippen molar-refractivity contribution < 1.29 is 14.3 Å². The summed E-state index contributed by atoms with van der Waals surface area (Å²) in [6, 6.07) is 6.15. The zero-order chi connectivity index (χ0) is 15.8. The monoisotopic (exact) mass is 290 g/mol. The molecule has 0 aliphatic carbocycles. The zero-order valence-electron chi connectivity index (χ0n) is 12.7. The Kier molecular flexibility index (Phi) is 6.46. The second kappa shape index (κ2) is 8.09. The molecular weight excluding hydrogens is 268 g/mol. The van der Waals surface area contributed by atoms with E-state index in [1.165, 1.54) is 0 Å². The van der Waals surface area contributed by atoms with E-state index >= 15 is 0 Å². The number of carbonyl (C=O) groups is 2. The minimum Gasteiger partial charge on any atom is -0.497 e. The predicted molar refractivity (Wildman–Crippen MR) is 82.3 cm³/mol. The lowest BCUT2D eigenvalue weighted by Gasteiger charge is -2.21. The van der Waals surface area contributed by atoms with Gasteiger partial charge >= 0.3 is 0 Å². The van der Waals surface area contributed by atoms with E-state index in [1.807, 2.05) is 13.8 Å². The van der Waals surface area contributed by atoms with Crippen molar-refractivity contribution in [2.24, 2.45) is 5.92 Å². The van der Waals surface area contributed by atoms with Gasteiger partial charge in [0.15, 0.2) is 0 Å². The number of ether oxygens (including phenoxy) is 1. The molecule has 0 aromatic heterocycles. The molecule has 2 N–H and O–H groups in total. The standard InChI is InChI=1S/C16H22N2O3/c1-5-10-17-16(20)14(11(2)3)18-15(19)12-6-8-13(21-4)9-7-12/h5-9,11,14H,1,10H2,2-4H3,(H,17,20)(H,18,19)/t14-/m1/s1. The molecule has 0 bridgehead atoms. The lowest BCUT2D eigenvalue weighted by molar-refractivity contribution is -0.123. The molecule has 0 aliphatic rings. The lowest BCUT2D eigenvalue weighted by Crippen LogP contribution is -2.49. The van der Waals surface area contributed by atoms with Gasteiger partial charge < -0.3 is 15.4 Å². The SMILES string of the molecule is C=CCNC(=O)[C@H](NC(=O)c1ccc(OC)cc1)C(C)C. The van der Waals surface area contributed by atoms with Gasteiger partial charge in [-0.3, -0.25) is 9.59 Å². The number of hydrogen-bond donors (Lipinski definition) is 2. The molecule has 1 atom stereocenters. The van der Waals surface area contributed by atoms with Gasteiger partial charge in [0.2, 0.25) is 5.91 Å². The number of amides is 2. The van der Waals surface area contributed by atoms with Crippen molar-refractivity contribution in [3.63, 3.8) is 0 Å². The van der Waals surface area contributed by atoms with Crippen LogP contribution in [0.4, 0.5) is 0 Å². The molecule has 0 saturated carbocycles. The van der Waals surface area contributed by atoms with Crippen LogP contribution in [-0.2, 0) is 4.79 Å². The summed E-state index contributed by atoms with van der Waals surface area (Å²) in [5, 5.41) is 5.45. The fourth-order valence-electron chi connectivity index (χ4n) is 1.78. The number of nitrogens with one attached hydrogen (secondary N) is 2. The highest BCUT2D eigenvalue weighted by molar-refractivity contribution is 5.97. The molecule has 2 amide bonds. The van der Waals surface area contributed by atoms with Gasteiger partial charge in [0, 0.05) is 12.1 Å². The molecule has 114 valence electrons. The van der Waals surface area contributed by atoms with E-state index in [0.29, 0.717) is 17.9 Å². The average molecular weight is 290 g/mol. The number of methoxy groups -OCH3 is 1.